The number of unbranched alkanes of at least 4 members (excludes halogenated alkanes) is 1. The summed E-state index contributed by atoms with van der Waals surface area (Å²) in [5.41, 5.74) is 0. The quantitative estimate of drug-likeness (QED) is 0.0915. The van der Waals surface area contributed by atoms with Gasteiger partial charge in [0.25, 0.3) is 0 Å². The molecular weight excluding hydrogens is 934 g/mol. The van der Waals surface area contributed by atoms with E-state index in [0.717, 1.165) is 12.8 Å². The molecule has 0 aliphatic heterocycles. The molecule has 0 saturated carbocycles. The molecule has 10 nitrogen and oxygen atoms in total. The number of aliphatic hydroxyl groups excluding tert-OH is 4. The molecule has 12 heteroatoms. The minimum atomic E-state index is -0.649. The maximum absolute atomic E-state index is 9.37. The van der Waals surface area contributed by atoms with Crippen molar-refractivity contribution in [3.8, 4) is 0 Å². The van der Waals surface area contributed by atoms with Crippen molar-refractivity contribution in [1.82, 2.24) is 0 Å². The standard InChI is InChI=1S/C14H29O6.C6H13O4.2Rf/c1-17-11-13(15)5-9-19-7-3-4-8-20-10-6-14(16)12-18-2;1-9-4-6(8)5-10-3-2-7;;/h13-16H,1,3-12H2,2H3;6-8H,1-5H2;;/q2*-1;;. The van der Waals surface area contributed by atoms with E-state index in [4.69, 9.17) is 29.2 Å². The summed E-state index contributed by atoms with van der Waals surface area (Å²) >= 11 is 0. The van der Waals surface area contributed by atoms with Crippen LogP contribution in [-0.4, -0.2) is 112 Å². The maximum Gasteiger partial charge on any atom is 0.0976 e. The summed E-state index contributed by atoms with van der Waals surface area (Å²) in [6, 6.07) is 0. The van der Waals surface area contributed by atoms with Crippen LogP contribution in [0.4, 0.5) is 0 Å². The Labute approximate surface area is 181 Å². The van der Waals surface area contributed by atoms with Crippen molar-refractivity contribution in [1.29, 1.82) is 0 Å². The molecule has 0 radical (unpaired) electrons. The average Bonchev–Trinajstić information content (AvgIpc) is 2.71. The smallest absolute Gasteiger partial charge is 0.0976 e. The Morgan fingerprint density at radius 1 is 0.625 bits per heavy atom. The summed E-state index contributed by atoms with van der Waals surface area (Å²) in [4.78, 5) is 0. The van der Waals surface area contributed by atoms with Gasteiger partial charge in [-0.25, -0.2) is 14.2 Å². The van der Waals surface area contributed by atoms with Gasteiger partial charge in [-0.3, -0.25) is 0 Å². The fourth-order valence-electron chi connectivity index (χ4n) is 2.01. The van der Waals surface area contributed by atoms with Crippen molar-refractivity contribution in [2.45, 2.75) is 44.0 Å². The van der Waals surface area contributed by atoms with Crippen LogP contribution < -0.4 is 0 Å². The van der Waals surface area contributed by atoms with Crippen molar-refractivity contribution >= 4 is 0 Å². The van der Waals surface area contributed by atoms with Crippen molar-refractivity contribution in [2.75, 3.05) is 73.2 Å². The van der Waals surface area contributed by atoms with E-state index in [1.807, 2.05) is 0 Å². The molecule has 32 heavy (non-hydrogen) atoms. The fraction of sp³-hybridized carbons (Fsp3) is 0.900. The van der Waals surface area contributed by atoms with Crippen molar-refractivity contribution < 1.29 is 48.8 Å². The van der Waals surface area contributed by atoms with Crippen LogP contribution in [0.15, 0.2) is 0 Å². The second-order valence-electron chi connectivity index (χ2n) is 6.47. The molecule has 0 saturated heterocycles. The first kappa shape index (κ1) is 36.9. The number of methoxy groups -OCH3 is 1. The van der Waals surface area contributed by atoms with Crippen molar-refractivity contribution in [3.05, 3.63) is 14.2 Å². The second kappa shape index (κ2) is 30.8. The molecule has 0 bridgehead atoms. The van der Waals surface area contributed by atoms with Gasteiger partial charge in [0.2, 0.25) is 0 Å². The van der Waals surface area contributed by atoms with Crippen LogP contribution in [0.3, 0.4) is 0 Å². The minimum Gasteiger partial charge on any atom is -0.553 e. The van der Waals surface area contributed by atoms with Gasteiger partial charge in [-0.15, -0.1) is 0 Å². The Kier molecular flexibility index (Phi) is 35.5. The number of hydrogen-bond acceptors (Lipinski definition) is 10. The van der Waals surface area contributed by atoms with Crippen LogP contribution in [0, 0.1) is 14.2 Å². The van der Waals surface area contributed by atoms with Crippen molar-refractivity contribution in [2.24, 2.45) is 0 Å². The summed E-state index contributed by atoms with van der Waals surface area (Å²) in [7, 11) is 7.86. The molecule has 0 aliphatic rings. The van der Waals surface area contributed by atoms with Gasteiger partial charge in [0.05, 0.1) is 44.7 Å². The van der Waals surface area contributed by atoms with Crippen LogP contribution in [0.1, 0.15) is 25.7 Å². The molecule has 0 aromatic carbocycles. The third-order valence-corrected chi connectivity index (χ3v) is 3.54. The van der Waals surface area contributed by atoms with Gasteiger partial charge >= 0.3 is 0 Å². The van der Waals surface area contributed by atoms with E-state index in [9.17, 15) is 10.2 Å². The van der Waals surface area contributed by atoms with E-state index in [1.54, 1.807) is 7.11 Å². The number of rotatable bonds is 21. The second-order valence-corrected chi connectivity index (χ2v) is 6.47. The molecule has 0 heterocycles. The Hall–Kier alpha value is -2.40. The van der Waals surface area contributed by atoms with Crippen LogP contribution in [0.2, 0.25) is 0 Å². The average molecular weight is 977 g/mol. The van der Waals surface area contributed by atoms with Gasteiger partial charge < -0.3 is 48.8 Å². The zero-order valence-corrected chi connectivity index (χ0v) is 32.5. The van der Waals surface area contributed by atoms with E-state index in [1.165, 1.54) is 0 Å². The van der Waals surface area contributed by atoms with Gasteiger partial charge in [0, 0.05) is 46.8 Å². The predicted molar refractivity (Wildman–Crippen MR) is 111 cm³/mol. The Morgan fingerprint density at radius 2 is 1.09 bits per heavy atom. The molecule has 0 aromatic rings. The predicted octanol–water partition coefficient (Wildman–Crippen LogP) is -0.0792. The van der Waals surface area contributed by atoms with E-state index in [2.05, 4.69) is 23.7 Å². The SMILES string of the molecule is [CH2-]OCC(O)CCOCCCCOCCC(O)COC.[CH2-]OCC(O)COCCO.[Rf].[Rf]. The molecular formula is C20H42O10Rf2-2. The van der Waals surface area contributed by atoms with E-state index in [0.29, 0.717) is 45.9 Å². The van der Waals surface area contributed by atoms with Crippen LogP contribution in [-0.2, 0) is 28.4 Å². The summed E-state index contributed by atoms with van der Waals surface area (Å²) in [6.07, 6.45) is 1.39. The maximum atomic E-state index is 9.37. The first-order valence-corrected chi connectivity index (χ1v) is 10.1. The Morgan fingerprint density at radius 3 is 1.53 bits per heavy atom. The molecule has 0 aliphatic carbocycles. The summed E-state index contributed by atoms with van der Waals surface area (Å²) in [5.74, 6) is 0. The summed E-state index contributed by atoms with van der Waals surface area (Å²) in [5, 5.41) is 35.9. The molecule has 0 rings (SSSR count). The molecule has 0 spiro atoms. The molecule has 0 fully saturated rings. The zero-order valence-electron chi connectivity index (χ0n) is 19.7. The topological polar surface area (TPSA) is 136 Å². The van der Waals surface area contributed by atoms with Crippen LogP contribution >= 0.6 is 0 Å². The van der Waals surface area contributed by atoms with Crippen LogP contribution in [0.25, 0.3) is 0 Å². The molecule has 188 valence electrons. The van der Waals surface area contributed by atoms with E-state index in [-0.39, 0.29) is 33.0 Å². The van der Waals surface area contributed by atoms with Gasteiger partial charge in [-0.05, 0) is 25.7 Å². The Bertz CT molecular complexity index is 300. The third-order valence-electron chi connectivity index (χ3n) is 3.54. The largest absolute Gasteiger partial charge is 0.553 e. The van der Waals surface area contributed by atoms with Gasteiger partial charge in [0.1, 0.15) is 0 Å². The Balaban J connectivity index is -0.000000279. The first-order chi connectivity index (χ1) is 14.5. The summed E-state index contributed by atoms with van der Waals surface area (Å²) < 4.78 is 29.3. The zero-order chi connectivity index (χ0) is 22.9. The van der Waals surface area contributed by atoms with E-state index < -0.39 is 18.3 Å². The molecule has 0 aromatic heterocycles. The fourth-order valence-corrected chi connectivity index (χ4v) is 2.01. The normalized spacial score (nSPS) is 13.2. The molecule has 4 N–H and O–H groups in total. The monoisotopic (exact) mass is 977 g/mol. The van der Waals surface area contributed by atoms with Gasteiger partial charge in [-0.1, -0.05) is 0 Å². The minimum absolute atomic E-state index is 0. The summed E-state index contributed by atoms with van der Waals surface area (Å²) in [6.45, 7) is 3.54. The molecule has 3 unspecified atom stereocenters. The van der Waals surface area contributed by atoms with E-state index >= 15 is 0 Å². The number of aliphatic hydroxyl groups is 4. The van der Waals surface area contributed by atoms with Crippen molar-refractivity contribution in [3.63, 3.8) is 0 Å². The van der Waals surface area contributed by atoms with Gasteiger partial charge in [-0.2, -0.15) is 0 Å². The van der Waals surface area contributed by atoms with Crippen LogP contribution in [0.5, 0.6) is 0 Å². The first-order valence-electron chi connectivity index (χ1n) is 10.1. The van der Waals surface area contributed by atoms with Gasteiger partial charge in [0.15, 0.2) is 0 Å². The third kappa shape index (κ3) is 32.3. The number of ether oxygens (including phenoxy) is 6. The molecule has 0 amide bonds. The number of hydrogen-bond donors (Lipinski definition) is 4. The molecule has 3 atom stereocenters.